The Labute approximate surface area is 210 Å². The maximum Gasteiger partial charge on any atom is 0.329 e. The number of hydrogen-bond donors (Lipinski definition) is 0. The minimum Gasteiger partial charge on any atom is -0.472 e. The Bertz CT molecular complexity index is 1580. The van der Waals surface area contributed by atoms with Gasteiger partial charge in [-0.15, -0.1) is 10.2 Å². The van der Waals surface area contributed by atoms with Gasteiger partial charge < -0.3 is 13.7 Å². The normalized spacial score (nSPS) is 15.2. The van der Waals surface area contributed by atoms with Crippen molar-refractivity contribution >= 4 is 11.0 Å². The van der Waals surface area contributed by atoms with E-state index in [1.165, 1.54) is 6.20 Å². The van der Waals surface area contributed by atoms with E-state index in [0.29, 0.717) is 11.3 Å². The monoisotopic (exact) mass is 506 g/mol. The average Bonchev–Trinajstić information content (AvgIpc) is 3.66. The number of aromatic nitrogens is 5. The molecule has 5 aromatic rings. The van der Waals surface area contributed by atoms with Gasteiger partial charge in [0.25, 0.3) is 5.89 Å². The molecule has 1 fully saturated rings. The maximum absolute atomic E-state index is 13.8. The van der Waals surface area contributed by atoms with Crippen molar-refractivity contribution in [2.75, 3.05) is 20.1 Å². The minimum absolute atomic E-state index is 0.0304. The summed E-state index contributed by atoms with van der Waals surface area (Å²) >= 11 is 0. The number of piperidine rings is 1. The highest BCUT2D eigenvalue weighted by Gasteiger charge is 2.25. The second-order valence-corrected chi connectivity index (χ2v) is 9.27. The third kappa shape index (κ3) is 4.35. The Hall–Kier alpha value is -4.12. The van der Waals surface area contributed by atoms with E-state index < -0.39 is 12.3 Å². The molecule has 0 atom stereocenters. The van der Waals surface area contributed by atoms with Crippen LogP contribution in [0.3, 0.4) is 0 Å². The molecule has 0 amide bonds. The second-order valence-electron chi connectivity index (χ2n) is 9.27. The highest BCUT2D eigenvalue weighted by Crippen LogP contribution is 2.30. The molecule has 0 aliphatic carbocycles. The Morgan fingerprint density at radius 3 is 2.51 bits per heavy atom. The first-order valence-electron chi connectivity index (χ1n) is 12.0. The summed E-state index contributed by atoms with van der Waals surface area (Å²) in [5.74, 6) is -0.765. The summed E-state index contributed by atoms with van der Waals surface area (Å²) in [6.45, 7) is 2.11. The van der Waals surface area contributed by atoms with Crippen LogP contribution in [0.25, 0.3) is 33.6 Å². The molecular weight excluding hydrogens is 482 g/mol. The van der Waals surface area contributed by atoms with Crippen molar-refractivity contribution in [3.63, 3.8) is 0 Å². The number of fused-ring (bicyclic) bond motifs is 1. The van der Waals surface area contributed by atoms with Crippen LogP contribution in [0, 0.1) is 0 Å². The van der Waals surface area contributed by atoms with Crippen LogP contribution in [0.4, 0.5) is 8.78 Å². The Morgan fingerprint density at radius 2 is 1.84 bits per heavy atom. The van der Waals surface area contributed by atoms with E-state index in [4.69, 9.17) is 8.83 Å². The molecule has 1 aliphatic rings. The lowest BCUT2D eigenvalue weighted by molar-refractivity contribution is 0.116. The van der Waals surface area contributed by atoms with Gasteiger partial charge in [0.05, 0.1) is 41.4 Å². The third-order valence-electron chi connectivity index (χ3n) is 6.89. The zero-order chi connectivity index (χ0) is 25.5. The lowest BCUT2D eigenvalue weighted by Gasteiger charge is -2.29. The summed E-state index contributed by atoms with van der Waals surface area (Å²) in [7, 11) is 2.09. The number of halogens is 2. The largest absolute Gasteiger partial charge is 0.472 e. The molecule has 6 rings (SSSR count). The molecule has 4 aromatic heterocycles. The van der Waals surface area contributed by atoms with Gasteiger partial charge in [0, 0.05) is 17.8 Å². The smallest absolute Gasteiger partial charge is 0.329 e. The number of furan rings is 1. The fraction of sp³-hybridized carbons (Fsp3) is 0.308. The number of pyridine rings is 1. The summed E-state index contributed by atoms with van der Waals surface area (Å²) < 4.78 is 39.5. The second kappa shape index (κ2) is 9.40. The van der Waals surface area contributed by atoms with Crippen LogP contribution < -0.4 is 5.69 Å². The predicted molar refractivity (Wildman–Crippen MR) is 131 cm³/mol. The molecule has 11 heteroatoms. The van der Waals surface area contributed by atoms with Crippen molar-refractivity contribution in [3.05, 3.63) is 77.2 Å². The number of imidazole rings is 1. The van der Waals surface area contributed by atoms with Crippen molar-refractivity contribution in [3.8, 4) is 22.6 Å². The quantitative estimate of drug-likeness (QED) is 0.328. The van der Waals surface area contributed by atoms with Crippen LogP contribution in [0.1, 0.15) is 36.9 Å². The standard InChI is InChI=1S/C26H24F2N6O3/c1-32-9-6-20(7-10-32)34-22-12-16(18-8-11-36-15-18)3-5-21(22)33(26(34)35)14-19-4-2-17(13-29-19)24-30-31-25(37-24)23(27)28/h2-5,8,11-13,15,20,23H,6-7,9-10,14H2,1H3. The number of likely N-dealkylation sites (tertiary alicyclic amines) is 1. The fourth-order valence-electron chi connectivity index (χ4n) is 4.89. The first-order valence-corrected chi connectivity index (χ1v) is 12.0. The number of nitrogens with zero attached hydrogens (tertiary/aromatic N) is 6. The molecule has 0 N–H and O–H groups in total. The number of benzene rings is 1. The lowest BCUT2D eigenvalue weighted by atomic mass is 10.0. The molecule has 0 unspecified atom stereocenters. The summed E-state index contributed by atoms with van der Waals surface area (Å²) in [5, 5.41) is 7.01. The van der Waals surface area contributed by atoms with Gasteiger partial charge in [-0.2, -0.15) is 8.78 Å². The topological polar surface area (TPSA) is 95.1 Å². The van der Waals surface area contributed by atoms with Crippen molar-refractivity contribution in [2.45, 2.75) is 31.9 Å². The lowest BCUT2D eigenvalue weighted by Crippen LogP contribution is -2.36. The molecule has 1 aliphatic heterocycles. The fourth-order valence-corrected chi connectivity index (χ4v) is 4.89. The maximum atomic E-state index is 13.8. The van der Waals surface area contributed by atoms with E-state index in [1.807, 2.05) is 28.8 Å². The van der Waals surface area contributed by atoms with E-state index in [1.54, 1.807) is 29.2 Å². The van der Waals surface area contributed by atoms with Crippen molar-refractivity contribution in [2.24, 2.45) is 0 Å². The van der Waals surface area contributed by atoms with Crippen LogP contribution in [0.5, 0.6) is 0 Å². The van der Waals surface area contributed by atoms with Crippen molar-refractivity contribution in [1.29, 1.82) is 0 Å². The van der Waals surface area contributed by atoms with Crippen molar-refractivity contribution < 1.29 is 17.6 Å². The molecule has 37 heavy (non-hydrogen) atoms. The molecule has 0 saturated carbocycles. The van der Waals surface area contributed by atoms with Gasteiger partial charge >= 0.3 is 12.1 Å². The molecule has 0 spiro atoms. The van der Waals surface area contributed by atoms with Gasteiger partial charge in [-0.3, -0.25) is 14.1 Å². The highest BCUT2D eigenvalue weighted by atomic mass is 19.3. The highest BCUT2D eigenvalue weighted by molar-refractivity contribution is 5.83. The van der Waals surface area contributed by atoms with E-state index in [2.05, 4.69) is 27.1 Å². The summed E-state index contributed by atoms with van der Waals surface area (Å²) in [6, 6.07) is 11.4. The molecule has 5 heterocycles. The first-order chi connectivity index (χ1) is 18.0. The van der Waals surface area contributed by atoms with Crippen LogP contribution >= 0.6 is 0 Å². The predicted octanol–water partition coefficient (Wildman–Crippen LogP) is 4.76. The van der Waals surface area contributed by atoms with E-state index in [0.717, 1.165) is 48.1 Å². The Morgan fingerprint density at radius 1 is 1.03 bits per heavy atom. The van der Waals surface area contributed by atoms with Gasteiger partial charge in [-0.1, -0.05) is 6.07 Å². The van der Waals surface area contributed by atoms with Gasteiger partial charge in [-0.25, -0.2) is 4.79 Å². The molecule has 0 radical (unpaired) electrons. The summed E-state index contributed by atoms with van der Waals surface area (Å²) in [4.78, 5) is 20.5. The van der Waals surface area contributed by atoms with Crippen molar-refractivity contribution in [1.82, 2.24) is 29.2 Å². The van der Waals surface area contributed by atoms with Crippen LogP contribution in [-0.4, -0.2) is 49.4 Å². The number of alkyl halides is 2. The third-order valence-corrected chi connectivity index (χ3v) is 6.89. The zero-order valence-electron chi connectivity index (χ0n) is 20.1. The molecular formula is C26H24F2N6O3. The van der Waals surface area contributed by atoms with Crippen LogP contribution in [-0.2, 0) is 6.54 Å². The average molecular weight is 507 g/mol. The molecule has 1 aromatic carbocycles. The molecule has 1 saturated heterocycles. The number of hydrogen-bond acceptors (Lipinski definition) is 7. The van der Waals surface area contributed by atoms with Crippen LogP contribution in [0.2, 0.25) is 0 Å². The minimum atomic E-state index is -2.84. The SMILES string of the molecule is CN1CCC(n2c(=O)n(Cc3ccc(-c4nnc(C(F)F)o4)cn3)c3ccc(-c4ccoc4)cc32)CC1. The van der Waals surface area contributed by atoms with E-state index in [9.17, 15) is 13.6 Å². The molecule has 9 nitrogen and oxygen atoms in total. The summed E-state index contributed by atoms with van der Waals surface area (Å²) in [5.41, 5.74) is 4.60. The summed E-state index contributed by atoms with van der Waals surface area (Å²) in [6.07, 6.45) is 3.75. The first kappa shape index (κ1) is 23.3. The van der Waals surface area contributed by atoms with E-state index >= 15 is 0 Å². The molecule has 0 bridgehead atoms. The van der Waals surface area contributed by atoms with E-state index in [-0.39, 0.29) is 24.2 Å². The van der Waals surface area contributed by atoms with Crippen LogP contribution in [0.15, 0.2) is 68.8 Å². The van der Waals surface area contributed by atoms with Gasteiger partial charge in [0.15, 0.2) is 0 Å². The van der Waals surface area contributed by atoms with Gasteiger partial charge in [0.2, 0.25) is 5.89 Å². The zero-order valence-corrected chi connectivity index (χ0v) is 20.1. The molecule has 190 valence electrons. The Kier molecular flexibility index (Phi) is 5.91. The number of rotatable bonds is 6. The van der Waals surface area contributed by atoms with Gasteiger partial charge in [-0.05, 0) is 68.9 Å². The van der Waals surface area contributed by atoms with Gasteiger partial charge in [0.1, 0.15) is 0 Å². The Balaban J connectivity index is 1.37.